The van der Waals surface area contributed by atoms with Gasteiger partial charge in [-0.1, -0.05) is 0 Å². The van der Waals surface area contributed by atoms with Gasteiger partial charge in [0.1, 0.15) is 17.8 Å². The van der Waals surface area contributed by atoms with E-state index < -0.39 is 6.09 Å². The summed E-state index contributed by atoms with van der Waals surface area (Å²) in [7, 11) is 0. The maximum absolute atomic E-state index is 10.3. The van der Waals surface area contributed by atoms with Crippen molar-refractivity contribution in [2.45, 2.75) is 6.61 Å². The summed E-state index contributed by atoms with van der Waals surface area (Å²) >= 11 is 1.54. The molecule has 0 aliphatic carbocycles. The van der Waals surface area contributed by atoms with Gasteiger partial charge < -0.3 is 10.5 Å². The van der Waals surface area contributed by atoms with Crippen LogP contribution >= 0.6 is 11.3 Å². The minimum atomic E-state index is -0.764. The van der Waals surface area contributed by atoms with Crippen LogP contribution in [0.15, 0.2) is 17.9 Å². The molecule has 68 valence electrons. The van der Waals surface area contributed by atoms with Gasteiger partial charge in [-0.25, -0.2) is 9.78 Å². The molecular formula is C7H7N3O2S. The van der Waals surface area contributed by atoms with Crippen LogP contribution < -0.4 is 5.73 Å². The van der Waals surface area contributed by atoms with Gasteiger partial charge in [-0.05, 0) is 0 Å². The van der Waals surface area contributed by atoms with Gasteiger partial charge in [-0.15, -0.1) is 11.3 Å². The summed E-state index contributed by atoms with van der Waals surface area (Å²) in [6, 6.07) is 0. The summed E-state index contributed by atoms with van der Waals surface area (Å²) in [5.74, 6) is 0. The first-order valence-electron chi connectivity index (χ1n) is 3.58. The van der Waals surface area contributed by atoms with Crippen molar-refractivity contribution < 1.29 is 9.53 Å². The van der Waals surface area contributed by atoms with Crippen molar-refractivity contribution in [2.75, 3.05) is 0 Å². The second-order valence-corrected chi connectivity index (χ2v) is 3.33. The lowest BCUT2D eigenvalue weighted by Crippen LogP contribution is -2.13. The highest BCUT2D eigenvalue weighted by atomic mass is 32.1. The molecule has 0 spiro atoms. The zero-order valence-corrected chi connectivity index (χ0v) is 7.45. The van der Waals surface area contributed by atoms with Gasteiger partial charge in [-0.2, -0.15) is 0 Å². The Labute approximate surface area is 77.8 Å². The molecule has 0 saturated heterocycles. The number of fused-ring (bicyclic) bond motifs is 1. The largest absolute Gasteiger partial charge is 0.443 e. The van der Waals surface area contributed by atoms with Crippen molar-refractivity contribution in [1.29, 1.82) is 0 Å². The van der Waals surface area contributed by atoms with E-state index in [1.807, 2.05) is 9.78 Å². The van der Waals surface area contributed by atoms with E-state index in [0.717, 1.165) is 10.5 Å². The molecule has 0 aromatic carbocycles. The third-order valence-corrected chi connectivity index (χ3v) is 2.53. The van der Waals surface area contributed by atoms with Crippen LogP contribution in [-0.2, 0) is 11.3 Å². The number of imidazole rings is 1. The first-order chi connectivity index (χ1) is 6.27. The molecule has 2 rings (SSSR count). The summed E-state index contributed by atoms with van der Waals surface area (Å²) in [6.07, 6.45) is 2.66. The number of nitrogens with two attached hydrogens (primary N) is 1. The molecule has 0 bridgehead atoms. The molecule has 0 unspecified atom stereocenters. The van der Waals surface area contributed by atoms with E-state index in [1.165, 1.54) is 0 Å². The van der Waals surface area contributed by atoms with Gasteiger partial charge in [0.2, 0.25) is 0 Å². The lowest BCUT2D eigenvalue weighted by atomic mass is 10.5. The van der Waals surface area contributed by atoms with Crippen molar-refractivity contribution in [3.63, 3.8) is 0 Å². The van der Waals surface area contributed by atoms with Gasteiger partial charge in [0.25, 0.3) is 0 Å². The van der Waals surface area contributed by atoms with Crippen molar-refractivity contribution in [1.82, 2.24) is 9.38 Å². The molecule has 1 amide bonds. The molecule has 0 radical (unpaired) electrons. The molecule has 13 heavy (non-hydrogen) atoms. The van der Waals surface area contributed by atoms with Crippen LogP contribution in [0.3, 0.4) is 0 Å². The Kier molecular flexibility index (Phi) is 1.90. The molecule has 0 aliphatic rings. The predicted octanol–water partition coefficient (Wildman–Crippen LogP) is 0.991. The number of thiazole rings is 1. The number of carbonyl (C=O) groups excluding carboxylic acids is 1. The lowest BCUT2D eigenvalue weighted by molar-refractivity contribution is 0.148. The minimum absolute atomic E-state index is 0.186. The fraction of sp³-hybridized carbons (Fsp3) is 0.143. The van der Waals surface area contributed by atoms with Gasteiger partial charge in [0.15, 0.2) is 0 Å². The standard InChI is InChI=1S/C7H7N3O2S/c8-7(11)12-2-5-3-13-6-1-9-4-10(5)6/h1,3-4H,2H2,(H2,8,11). The zero-order valence-electron chi connectivity index (χ0n) is 6.64. The summed E-state index contributed by atoms with van der Waals surface area (Å²) in [6.45, 7) is 0.186. The highest BCUT2D eigenvalue weighted by Crippen LogP contribution is 2.15. The average Bonchev–Trinajstić information content (AvgIpc) is 2.60. The molecule has 2 heterocycles. The van der Waals surface area contributed by atoms with Crippen LogP contribution in [0.4, 0.5) is 4.79 Å². The SMILES string of the molecule is NC(=O)OCc1csc2cncn12. The molecule has 0 aliphatic heterocycles. The van der Waals surface area contributed by atoms with Crippen LogP contribution in [-0.4, -0.2) is 15.5 Å². The molecule has 2 aromatic rings. The van der Waals surface area contributed by atoms with Crippen molar-refractivity contribution in [3.05, 3.63) is 23.6 Å². The second kappa shape index (κ2) is 3.06. The Hall–Kier alpha value is -1.56. The van der Waals surface area contributed by atoms with Gasteiger partial charge in [0, 0.05) is 5.38 Å². The van der Waals surface area contributed by atoms with Crippen molar-refractivity contribution >= 4 is 22.3 Å². The number of ether oxygens (including phenoxy) is 1. The van der Waals surface area contributed by atoms with E-state index in [2.05, 4.69) is 9.72 Å². The van der Waals surface area contributed by atoms with E-state index in [4.69, 9.17) is 5.73 Å². The quantitative estimate of drug-likeness (QED) is 0.780. The average molecular weight is 197 g/mol. The number of hydrogen-bond acceptors (Lipinski definition) is 4. The number of aromatic nitrogens is 2. The third-order valence-electron chi connectivity index (χ3n) is 1.59. The van der Waals surface area contributed by atoms with Crippen LogP contribution in [0, 0.1) is 0 Å². The van der Waals surface area contributed by atoms with Crippen LogP contribution in [0.1, 0.15) is 5.69 Å². The molecule has 2 aromatic heterocycles. The number of hydrogen-bond donors (Lipinski definition) is 1. The first kappa shape index (κ1) is 8.06. The number of nitrogens with zero attached hydrogens (tertiary/aromatic N) is 2. The maximum atomic E-state index is 10.3. The third kappa shape index (κ3) is 1.48. The number of primary amides is 1. The lowest BCUT2D eigenvalue weighted by Gasteiger charge is -1.98. The highest BCUT2D eigenvalue weighted by Gasteiger charge is 2.04. The fourth-order valence-corrected chi connectivity index (χ4v) is 1.86. The smallest absolute Gasteiger partial charge is 0.404 e. The Morgan fingerprint density at radius 1 is 1.77 bits per heavy atom. The monoisotopic (exact) mass is 197 g/mol. The molecule has 5 nitrogen and oxygen atoms in total. The summed E-state index contributed by atoms with van der Waals surface area (Å²) in [5, 5.41) is 1.90. The van der Waals surface area contributed by atoms with Crippen LogP contribution in [0.2, 0.25) is 0 Å². The van der Waals surface area contributed by atoms with Crippen molar-refractivity contribution in [3.8, 4) is 0 Å². The van der Waals surface area contributed by atoms with Gasteiger partial charge in [0.05, 0.1) is 11.9 Å². The molecular weight excluding hydrogens is 190 g/mol. The van der Waals surface area contributed by atoms with E-state index in [9.17, 15) is 4.79 Å². The molecule has 6 heteroatoms. The summed E-state index contributed by atoms with van der Waals surface area (Å²) < 4.78 is 6.52. The molecule has 0 fully saturated rings. The summed E-state index contributed by atoms with van der Waals surface area (Å²) in [5.41, 5.74) is 5.72. The number of carbonyl (C=O) groups is 1. The fourth-order valence-electron chi connectivity index (χ4n) is 1.02. The normalized spacial score (nSPS) is 10.5. The van der Waals surface area contributed by atoms with Crippen LogP contribution in [0.5, 0.6) is 0 Å². The Bertz CT molecular complexity index is 434. The molecule has 0 saturated carbocycles. The minimum Gasteiger partial charge on any atom is -0.443 e. The van der Waals surface area contributed by atoms with Gasteiger partial charge in [-0.3, -0.25) is 4.40 Å². The second-order valence-electron chi connectivity index (χ2n) is 2.44. The Morgan fingerprint density at radius 3 is 3.38 bits per heavy atom. The van der Waals surface area contributed by atoms with E-state index >= 15 is 0 Å². The topological polar surface area (TPSA) is 69.6 Å². The van der Waals surface area contributed by atoms with Crippen molar-refractivity contribution in [2.24, 2.45) is 5.73 Å². The van der Waals surface area contributed by atoms with Crippen LogP contribution in [0.25, 0.3) is 4.83 Å². The number of amides is 1. The maximum Gasteiger partial charge on any atom is 0.404 e. The molecule has 2 N–H and O–H groups in total. The number of rotatable bonds is 2. The first-order valence-corrected chi connectivity index (χ1v) is 4.46. The zero-order chi connectivity index (χ0) is 9.26. The predicted molar refractivity (Wildman–Crippen MR) is 47.4 cm³/mol. The molecule has 0 atom stereocenters. The summed E-state index contributed by atoms with van der Waals surface area (Å²) in [4.78, 5) is 15.3. The van der Waals surface area contributed by atoms with E-state index in [0.29, 0.717) is 0 Å². The van der Waals surface area contributed by atoms with E-state index in [1.54, 1.807) is 23.9 Å². The van der Waals surface area contributed by atoms with E-state index in [-0.39, 0.29) is 6.61 Å². The van der Waals surface area contributed by atoms with Gasteiger partial charge >= 0.3 is 6.09 Å². The Balaban J connectivity index is 2.23. The Morgan fingerprint density at radius 2 is 2.62 bits per heavy atom. The highest BCUT2D eigenvalue weighted by molar-refractivity contribution is 7.15.